The van der Waals surface area contributed by atoms with E-state index >= 15 is 0 Å². The summed E-state index contributed by atoms with van der Waals surface area (Å²) in [5, 5.41) is 0. The molecule has 1 fully saturated rings. The standard InChI is InChI=1S/C17H17F3N2O4S2/c18-17(19,20)15-8-1-2-9-16(15)27(23,24)21-13-6-5-7-14(12-13)28(25,26)22-10-3-4-11-22/h1-2,5-9,12,21H,3-4,10-11H2. The molecule has 0 atom stereocenters. The van der Waals surface area contributed by atoms with Gasteiger partial charge in [0.15, 0.2) is 0 Å². The first-order valence-electron chi connectivity index (χ1n) is 8.31. The van der Waals surface area contributed by atoms with Gasteiger partial charge in [0.05, 0.1) is 21.0 Å². The number of hydrogen-bond acceptors (Lipinski definition) is 4. The minimum atomic E-state index is -4.85. The van der Waals surface area contributed by atoms with Gasteiger partial charge in [0.2, 0.25) is 10.0 Å². The van der Waals surface area contributed by atoms with Gasteiger partial charge in [-0.3, -0.25) is 4.72 Å². The fraction of sp³-hybridized carbons (Fsp3) is 0.294. The smallest absolute Gasteiger partial charge is 0.280 e. The van der Waals surface area contributed by atoms with E-state index in [1.807, 2.05) is 4.72 Å². The molecule has 1 aliphatic heterocycles. The molecular weight excluding hydrogens is 417 g/mol. The van der Waals surface area contributed by atoms with E-state index in [4.69, 9.17) is 0 Å². The van der Waals surface area contributed by atoms with Crippen LogP contribution in [0.3, 0.4) is 0 Å². The first-order chi connectivity index (χ1) is 13.0. The molecule has 0 aromatic heterocycles. The van der Waals surface area contributed by atoms with Crippen molar-refractivity contribution in [2.45, 2.75) is 28.8 Å². The highest BCUT2D eigenvalue weighted by atomic mass is 32.2. The minimum absolute atomic E-state index is 0.126. The van der Waals surface area contributed by atoms with E-state index in [0.29, 0.717) is 19.2 Å². The zero-order valence-corrected chi connectivity index (χ0v) is 16.1. The largest absolute Gasteiger partial charge is 0.417 e. The van der Waals surface area contributed by atoms with Gasteiger partial charge in [-0.1, -0.05) is 18.2 Å². The second-order valence-electron chi connectivity index (χ2n) is 6.24. The molecule has 6 nitrogen and oxygen atoms in total. The Morgan fingerprint density at radius 3 is 2.18 bits per heavy atom. The predicted molar refractivity (Wildman–Crippen MR) is 96.7 cm³/mol. The van der Waals surface area contributed by atoms with Crippen LogP contribution < -0.4 is 4.72 Å². The quantitative estimate of drug-likeness (QED) is 0.783. The van der Waals surface area contributed by atoms with E-state index in [0.717, 1.165) is 31.0 Å². The monoisotopic (exact) mass is 434 g/mol. The van der Waals surface area contributed by atoms with Gasteiger partial charge < -0.3 is 0 Å². The van der Waals surface area contributed by atoms with Crippen molar-refractivity contribution in [2.24, 2.45) is 0 Å². The normalized spacial score (nSPS) is 16.2. The van der Waals surface area contributed by atoms with Crippen LogP contribution in [0.4, 0.5) is 18.9 Å². The van der Waals surface area contributed by atoms with Crippen LogP contribution in [0, 0.1) is 0 Å². The molecule has 1 heterocycles. The molecule has 0 unspecified atom stereocenters. The number of nitrogens with zero attached hydrogens (tertiary/aromatic N) is 1. The Labute approximate surface area is 161 Å². The predicted octanol–water partition coefficient (Wildman–Crippen LogP) is 3.29. The van der Waals surface area contributed by atoms with Crippen LogP contribution in [0.2, 0.25) is 0 Å². The molecule has 0 saturated carbocycles. The Hall–Kier alpha value is -2.11. The third-order valence-electron chi connectivity index (χ3n) is 4.27. The first-order valence-corrected chi connectivity index (χ1v) is 11.2. The topological polar surface area (TPSA) is 83.5 Å². The first kappa shape index (κ1) is 20.6. The molecule has 0 spiro atoms. The number of alkyl halides is 3. The van der Waals surface area contributed by atoms with Crippen molar-refractivity contribution < 1.29 is 30.0 Å². The molecule has 0 bridgehead atoms. The molecule has 0 aliphatic carbocycles. The maximum absolute atomic E-state index is 13.1. The second kappa shape index (κ2) is 7.37. The van der Waals surface area contributed by atoms with Crippen molar-refractivity contribution in [2.75, 3.05) is 17.8 Å². The summed E-state index contributed by atoms with van der Waals surface area (Å²) in [7, 11) is -8.38. The lowest BCUT2D eigenvalue weighted by atomic mass is 10.2. The van der Waals surface area contributed by atoms with E-state index in [-0.39, 0.29) is 10.6 Å². The van der Waals surface area contributed by atoms with Crippen molar-refractivity contribution in [1.82, 2.24) is 4.31 Å². The summed E-state index contributed by atoms with van der Waals surface area (Å²) < 4.78 is 93.0. The van der Waals surface area contributed by atoms with Crippen LogP contribution in [0.5, 0.6) is 0 Å². The molecule has 1 aliphatic rings. The van der Waals surface area contributed by atoms with Crippen molar-refractivity contribution in [3.8, 4) is 0 Å². The van der Waals surface area contributed by atoms with E-state index in [1.165, 1.54) is 28.6 Å². The lowest BCUT2D eigenvalue weighted by Gasteiger charge is -2.17. The summed E-state index contributed by atoms with van der Waals surface area (Å²) >= 11 is 0. The van der Waals surface area contributed by atoms with Gasteiger partial charge in [-0.2, -0.15) is 17.5 Å². The summed E-state index contributed by atoms with van der Waals surface area (Å²) in [5.41, 5.74) is -1.44. The summed E-state index contributed by atoms with van der Waals surface area (Å²) in [6, 6.07) is 8.80. The summed E-state index contributed by atoms with van der Waals surface area (Å²) in [6.07, 6.45) is -3.38. The summed E-state index contributed by atoms with van der Waals surface area (Å²) in [4.78, 5) is -1.06. The molecule has 152 valence electrons. The molecular formula is C17H17F3N2O4S2. The number of anilines is 1. The molecule has 28 heavy (non-hydrogen) atoms. The van der Waals surface area contributed by atoms with Crippen LogP contribution in [-0.4, -0.2) is 34.2 Å². The van der Waals surface area contributed by atoms with Gasteiger partial charge in [0.1, 0.15) is 0 Å². The highest BCUT2D eigenvalue weighted by Crippen LogP contribution is 2.34. The van der Waals surface area contributed by atoms with Gasteiger partial charge in [-0.25, -0.2) is 16.8 Å². The van der Waals surface area contributed by atoms with Crippen LogP contribution in [0.1, 0.15) is 18.4 Å². The average Bonchev–Trinajstić information content (AvgIpc) is 3.16. The fourth-order valence-corrected chi connectivity index (χ4v) is 5.78. The van der Waals surface area contributed by atoms with E-state index in [1.54, 1.807) is 0 Å². The van der Waals surface area contributed by atoms with Crippen LogP contribution >= 0.6 is 0 Å². The second-order valence-corrected chi connectivity index (χ2v) is 9.83. The highest BCUT2D eigenvalue weighted by molar-refractivity contribution is 7.92. The van der Waals surface area contributed by atoms with E-state index < -0.39 is 36.7 Å². The number of rotatable bonds is 5. The molecule has 0 radical (unpaired) electrons. The van der Waals surface area contributed by atoms with Gasteiger partial charge >= 0.3 is 6.18 Å². The van der Waals surface area contributed by atoms with Crippen LogP contribution in [0.25, 0.3) is 0 Å². The van der Waals surface area contributed by atoms with Crippen LogP contribution in [0.15, 0.2) is 58.3 Å². The molecule has 2 aromatic carbocycles. The third-order valence-corrected chi connectivity index (χ3v) is 7.61. The number of sulfonamides is 2. The van der Waals surface area contributed by atoms with E-state index in [2.05, 4.69) is 0 Å². The van der Waals surface area contributed by atoms with Crippen molar-refractivity contribution >= 4 is 25.7 Å². The van der Waals surface area contributed by atoms with Crippen molar-refractivity contribution in [1.29, 1.82) is 0 Å². The lowest BCUT2D eigenvalue weighted by molar-refractivity contribution is -0.139. The van der Waals surface area contributed by atoms with Gasteiger partial charge in [-0.15, -0.1) is 0 Å². The third kappa shape index (κ3) is 4.15. The zero-order chi connectivity index (χ0) is 20.6. The fourth-order valence-electron chi connectivity index (χ4n) is 2.94. The van der Waals surface area contributed by atoms with Gasteiger partial charge in [0, 0.05) is 13.1 Å². The minimum Gasteiger partial charge on any atom is -0.280 e. The SMILES string of the molecule is O=S(=O)(Nc1cccc(S(=O)(=O)N2CCCC2)c1)c1ccccc1C(F)(F)F. The molecule has 2 aromatic rings. The van der Waals surface area contributed by atoms with Crippen molar-refractivity contribution in [3.05, 3.63) is 54.1 Å². The Morgan fingerprint density at radius 1 is 0.893 bits per heavy atom. The molecule has 0 amide bonds. The zero-order valence-electron chi connectivity index (χ0n) is 14.5. The number of halogens is 3. The van der Waals surface area contributed by atoms with Crippen molar-refractivity contribution in [3.63, 3.8) is 0 Å². The molecule has 3 rings (SSSR count). The number of nitrogens with one attached hydrogen (secondary N) is 1. The maximum atomic E-state index is 13.1. The van der Waals surface area contributed by atoms with Gasteiger partial charge in [-0.05, 0) is 43.2 Å². The summed E-state index contributed by atoms with van der Waals surface area (Å²) in [6.45, 7) is 0.745. The van der Waals surface area contributed by atoms with E-state index in [9.17, 15) is 30.0 Å². The van der Waals surface area contributed by atoms with Gasteiger partial charge in [0.25, 0.3) is 10.0 Å². The average molecular weight is 434 g/mol. The molecule has 1 N–H and O–H groups in total. The maximum Gasteiger partial charge on any atom is 0.417 e. The number of hydrogen-bond donors (Lipinski definition) is 1. The number of benzene rings is 2. The lowest BCUT2D eigenvalue weighted by Crippen LogP contribution is -2.28. The Balaban J connectivity index is 1.95. The Bertz CT molecular complexity index is 1080. The van der Waals surface area contributed by atoms with Crippen LogP contribution in [-0.2, 0) is 26.2 Å². The Morgan fingerprint density at radius 2 is 1.54 bits per heavy atom. The Kier molecular flexibility index (Phi) is 5.43. The molecule has 11 heteroatoms. The summed E-state index contributed by atoms with van der Waals surface area (Å²) in [5.74, 6) is 0. The molecule has 1 saturated heterocycles. The highest BCUT2D eigenvalue weighted by Gasteiger charge is 2.37.